The molecule has 0 aliphatic carbocycles. The Hall–Kier alpha value is -1.03. The molecule has 1 aliphatic rings. The molecular weight excluding hydrogens is 176 g/mol. The van der Waals surface area contributed by atoms with Crippen LogP contribution in [0, 0.1) is 5.92 Å². The molecule has 0 spiro atoms. The third-order valence-electron chi connectivity index (χ3n) is 2.94. The van der Waals surface area contributed by atoms with Crippen molar-refractivity contribution in [1.29, 1.82) is 0 Å². The van der Waals surface area contributed by atoms with Crippen LogP contribution in [0.3, 0.4) is 0 Å². The van der Waals surface area contributed by atoms with Crippen molar-refractivity contribution in [2.24, 2.45) is 13.0 Å². The highest BCUT2D eigenvalue weighted by molar-refractivity contribution is 5.30. The number of nitrogen functional groups attached to an aromatic ring is 1. The first kappa shape index (κ1) is 9.52. The van der Waals surface area contributed by atoms with Crippen LogP contribution in [0.4, 0.5) is 5.82 Å². The average Bonchev–Trinajstić information content (AvgIpc) is 2.74. The van der Waals surface area contributed by atoms with Gasteiger partial charge in [-0.3, -0.25) is 4.68 Å². The molecule has 4 nitrogen and oxygen atoms in total. The van der Waals surface area contributed by atoms with Crippen LogP contribution in [0.15, 0.2) is 6.07 Å². The summed E-state index contributed by atoms with van der Waals surface area (Å²) >= 11 is 0. The Balaban J connectivity index is 1.85. The van der Waals surface area contributed by atoms with Gasteiger partial charge in [0.1, 0.15) is 5.82 Å². The molecule has 1 atom stereocenters. The molecule has 2 rings (SSSR count). The normalized spacial score (nSPS) is 21.6. The van der Waals surface area contributed by atoms with E-state index < -0.39 is 0 Å². The summed E-state index contributed by atoms with van der Waals surface area (Å²) in [6.45, 7) is 2.34. The largest absolute Gasteiger partial charge is 0.384 e. The third-order valence-corrected chi connectivity index (χ3v) is 2.94. The van der Waals surface area contributed by atoms with E-state index in [1.54, 1.807) is 4.68 Å². The Bertz CT molecular complexity index is 280. The van der Waals surface area contributed by atoms with Crippen LogP contribution in [-0.4, -0.2) is 22.9 Å². The fraction of sp³-hybridized carbons (Fsp3) is 0.700. The van der Waals surface area contributed by atoms with Gasteiger partial charge >= 0.3 is 0 Å². The minimum Gasteiger partial charge on any atom is -0.384 e. The van der Waals surface area contributed by atoms with Crippen molar-refractivity contribution in [2.45, 2.75) is 19.3 Å². The number of nitrogens with one attached hydrogen (secondary N) is 1. The van der Waals surface area contributed by atoms with E-state index in [2.05, 4.69) is 10.4 Å². The van der Waals surface area contributed by atoms with E-state index >= 15 is 0 Å². The van der Waals surface area contributed by atoms with Crippen LogP contribution in [0.1, 0.15) is 18.5 Å². The van der Waals surface area contributed by atoms with Gasteiger partial charge in [-0.1, -0.05) is 0 Å². The van der Waals surface area contributed by atoms with E-state index in [4.69, 9.17) is 5.73 Å². The first-order valence-electron chi connectivity index (χ1n) is 5.25. The Morgan fingerprint density at radius 1 is 1.71 bits per heavy atom. The number of nitrogens with two attached hydrogens (primary N) is 1. The smallest absolute Gasteiger partial charge is 0.121 e. The Morgan fingerprint density at radius 3 is 3.14 bits per heavy atom. The summed E-state index contributed by atoms with van der Waals surface area (Å²) in [4.78, 5) is 0. The standard InChI is InChI=1S/C10H18N4/c1-14-10(11)6-9(13-14)3-2-8-4-5-12-7-8/h6,8,12H,2-5,7,11H2,1H3. The average molecular weight is 194 g/mol. The first-order valence-corrected chi connectivity index (χ1v) is 5.25. The number of hydrogen-bond donors (Lipinski definition) is 2. The molecule has 1 aliphatic heterocycles. The van der Waals surface area contributed by atoms with Crippen molar-refractivity contribution in [3.05, 3.63) is 11.8 Å². The van der Waals surface area contributed by atoms with E-state index in [9.17, 15) is 0 Å². The summed E-state index contributed by atoms with van der Waals surface area (Å²) in [5.41, 5.74) is 6.83. The lowest BCUT2D eigenvalue weighted by atomic mass is 10.0. The summed E-state index contributed by atoms with van der Waals surface area (Å²) in [5.74, 6) is 1.59. The molecule has 0 bridgehead atoms. The Kier molecular flexibility index (Phi) is 2.72. The highest BCUT2D eigenvalue weighted by Crippen LogP contribution is 2.16. The zero-order chi connectivity index (χ0) is 9.97. The second-order valence-electron chi connectivity index (χ2n) is 4.08. The van der Waals surface area contributed by atoms with Crippen LogP contribution in [0.2, 0.25) is 0 Å². The zero-order valence-corrected chi connectivity index (χ0v) is 8.66. The lowest BCUT2D eigenvalue weighted by Gasteiger charge is -2.05. The molecule has 1 fully saturated rings. The molecule has 0 radical (unpaired) electrons. The second kappa shape index (κ2) is 4.00. The maximum absolute atomic E-state index is 5.71. The van der Waals surface area contributed by atoms with Gasteiger partial charge in [-0.15, -0.1) is 0 Å². The molecule has 1 aromatic heterocycles. The Morgan fingerprint density at radius 2 is 2.57 bits per heavy atom. The number of anilines is 1. The lowest BCUT2D eigenvalue weighted by molar-refractivity contribution is 0.527. The number of hydrogen-bond acceptors (Lipinski definition) is 3. The van der Waals surface area contributed by atoms with Crippen LogP contribution >= 0.6 is 0 Å². The zero-order valence-electron chi connectivity index (χ0n) is 8.66. The van der Waals surface area contributed by atoms with Gasteiger partial charge in [-0.25, -0.2) is 0 Å². The first-order chi connectivity index (χ1) is 6.75. The van der Waals surface area contributed by atoms with Crippen molar-refractivity contribution >= 4 is 5.82 Å². The molecule has 4 heteroatoms. The van der Waals surface area contributed by atoms with Crippen molar-refractivity contribution in [2.75, 3.05) is 18.8 Å². The molecule has 0 aromatic carbocycles. The maximum atomic E-state index is 5.71. The van der Waals surface area contributed by atoms with Gasteiger partial charge in [0.25, 0.3) is 0 Å². The molecule has 1 saturated heterocycles. The van der Waals surface area contributed by atoms with E-state index in [1.807, 2.05) is 13.1 Å². The monoisotopic (exact) mass is 194 g/mol. The summed E-state index contributed by atoms with van der Waals surface area (Å²) in [7, 11) is 1.88. The predicted octanol–water partition coefficient (Wildman–Crippen LogP) is 0.544. The third kappa shape index (κ3) is 2.07. The van der Waals surface area contributed by atoms with Crippen LogP contribution in [0.5, 0.6) is 0 Å². The molecule has 14 heavy (non-hydrogen) atoms. The van der Waals surface area contributed by atoms with Crippen LogP contribution < -0.4 is 11.1 Å². The second-order valence-corrected chi connectivity index (χ2v) is 4.08. The van der Waals surface area contributed by atoms with Gasteiger partial charge in [0.05, 0.1) is 5.69 Å². The SMILES string of the molecule is Cn1nc(CCC2CCNC2)cc1N. The number of rotatable bonds is 3. The maximum Gasteiger partial charge on any atom is 0.121 e. The quantitative estimate of drug-likeness (QED) is 0.738. The van der Waals surface area contributed by atoms with Gasteiger partial charge < -0.3 is 11.1 Å². The van der Waals surface area contributed by atoms with Crippen molar-refractivity contribution in [1.82, 2.24) is 15.1 Å². The number of aromatic nitrogens is 2. The summed E-state index contributed by atoms with van der Waals surface area (Å²) in [6.07, 6.45) is 3.59. The lowest BCUT2D eigenvalue weighted by Crippen LogP contribution is -2.09. The molecule has 1 aromatic rings. The number of aryl methyl sites for hydroxylation is 2. The fourth-order valence-corrected chi connectivity index (χ4v) is 1.98. The minimum absolute atomic E-state index is 0.754. The van der Waals surface area contributed by atoms with Gasteiger partial charge in [0, 0.05) is 13.1 Å². The molecule has 0 amide bonds. The van der Waals surface area contributed by atoms with Gasteiger partial charge in [-0.2, -0.15) is 5.10 Å². The highest BCUT2D eigenvalue weighted by atomic mass is 15.3. The van der Waals surface area contributed by atoms with Gasteiger partial charge in [0.15, 0.2) is 0 Å². The van der Waals surface area contributed by atoms with Gasteiger partial charge in [-0.05, 0) is 38.3 Å². The van der Waals surface area contributed by atoms with E-state index in [1.165, 1.54) is 25.9 Å². The fourth-order valence-electron chi connectivity index (χ4n) is 1.98. The van der Waals surface area contributed by atoms with Crippen LogP contribution in [0.25, 0.3) is 0 Å². The van der Waals surface area contributed by atoms with Crippen molar-refractivity contribution < 1.29 is 0 Å². The Labute approximate surface area is 84.5 Å². The summed E-state index contributed by atoms with van der Waals surface area (Å²) < 4.78 is 1.74. The van der Waals surface area contributed by atoms with Crippen molar-refractivity contribution in [3.8, 4) is 0 Å². The van der Waals surface area contributed by atoms with E-state index in [-0.39, 0.29) is 0 Å². The van der Waals surface area contributed by atoms with Crippen molar-refractivity contribution in [3.63, 3.8) is 0 Å². The van der Waals surface area contributed by atoms with E-state index in [0.29, 0.717) is 0 Å². The molecular formula is C10H18N4. The van der Waals surface area contributed by atoms with E-state index in [0.717, 1.165) is 23.9 Å². The topological polar surface area (TPSA) is 55.9 Å². The molecule has 3 N–H and O–H groups in total. The summed E-state index contributed by atoms with van der Waals surface area (Å²) in [5, 5.41) is 7.72. The van der Waals surface area contributed by atoms with Crippen LogP contribution in [-0.2, 0) is 13.5 Å². The molecule has 78 valence electrons. The van der Waals surface area contributed by atoms with Gasteiger partial charge in [0.2, 0.25) is 0 Å². The number of nitrogens with zero attached hydrogens (tertiary/aromatic N) is 2. The predicted molar refractivity (Wildman–Crippen MR) is 56.9 cm³/mol. The summed E-state index contributed by atoms with van der Waals surface area (Å²) in [6, 6.07) is 1.97. The molecule has 1 unspecified atom stereocenters. The molecule has 0 saturated carbocycles. The highest BCUT2D eigenvalue weighted by Gasteiger charge is 2.14. The molecule has 2 heterocycles. The minimum atomic E-state index is 0.754.